The van der Waals surface area contributed by atoms with Crippen molar-refractivity contribution in [3.63, 3.8) is 0 Å². The van der Waals surface area contributed by atoms with Gasteiger partial charge in [0.05, 0.1) is 0 Å². The lowest BCUT2D eigenvalue weighted by atomic mass is 10.0. The van der Waals surface area contributed by atoms with Crippen LogP contribution in [-0.4, -0.2) is 34.5 Å². The van der Waals surface area contributed by atoms with Gasteiger partial charge in [0.15, 0.2) is 5.78 Å². The first kappa shape index (κ1) is 17.7. The number of hydrogen-bond acceptors (Lipinski definition) is 6. The summed E-state index contributed by atoms with van der Waals surface area (Å²) in [5, 5.41) is 0. The van der Waals surface area contributed by atoms with Crippen LogP contribution in [0.25, 0.3) is 0 Å². The maximum absolute atomic E-state index is 12.5. The van der Waals surface area contributed by atoms with Gasteiger partial charge in [-0.25, -0.2) is 4.57 Å². The van der Waals surface area contributed by atoms with E-state index in [2.05, 4.69) is 4.52 Å². The molecule has 0 saturated heterocycles. The number of primary amides is 1. The molecule has 0 aromatic heterocycles. The molecule has 2 N–H and O–H groups in total. The van der Waals surface area contributed by atoms with Crippen molar-refractivity contribution in [3.05, 3.63) is 34.9 Å². The summed E-state index contributed by atoms with van der Waals surface area (Å²) in [5.74, 6) is -2.04. The van der Waals surface area contributed by atoms with E-state index >= 15 is 0 Å². The van der Waals surface area contributed by atoms with Gasteiger partial charge < -0.3 is 15.2 Å². The molecule has 8 nitrogen and oxygen atoms in total. The number of hydrogen-bond donors (Lipinski definition) is 1. The molecule has 1 aromatic carbocycles. The SMILES string of the molecule is CC(=O)c1ccc2c(c1)CN(C(CCC(=O)OP=O)C(N)=O)C2=O. The molecular formula is C15H15N2O6P. The smallest absolute Gasteiger partial charge is 0.373 e. The lowest BCUT2D eigenvalue weighted by Gasteiger charge is -2.24. The van der Waals surface area contributed by atoms with E-state index in [1.807, 2.05) is 0 Å². The van der Waals surface area contributed by atoms with Crippen molar-refractivity contribution < 1.29 is 28.3 Å². The number of nitrogens with two attached hydrogens (primary N) is 1. The molecule has 24 heavy (non-hydrogen) atoms. The summed E-state index contributed by atoms with van der Waals surface area (Å²) >= 11 is 0. The predicted molar refractivity (Wildman–Crippen MR) is 82.2 cm³/mol. The summed E-state index contributed by atoms with van der Waals surface area (Å²) in [4.78, 5) is 48.1. The van der Waals surface area contributed by atoms with E-state index in [0.717, 1.165) is 0 Å². The molecule has 1 atom stereocenters. The lowest BCUT2D eigenvalue weighted by molar-refractivity contribution is -0.134. The van der Waals surface area contributed by atoms with Gasteiger partial charge in [0, 0.05) is 24.1 Å². The predicted octanol–water partition coefficient (Wildman–Crippen LogP) is 1.23. The average molecular weight is 350 g/mol. The maximum atomic E-state index is 12.5. The fourth-order valence-corrected chi connectivity index (χ4v) is 2.78. The Morgan fingerprint density at radius 2 is 2.08 bits per heavy atom. The number of fused-ring (bicyclic) bond motifs is 1. The molecule has 0 fully saturated rings. The topological polar surface area (TPSA) is 124 Å². The highest BCUT2D eigenvalue weighted by Crippen LogP contribution is 2.27. The van der Waals surface area contributed by atoms with E-state index in [1.165, 1.54) is 17.9 Å². The third-order valence-corrected chi connectivity index (χ3v) is 4.09. The molecule has 126 valence electrons. The van der Waals surface area contributed by atoms with Crippen molar-refractivity contribution in [3.8, 4) is 0 Å². The molecule has 2 amide bonds. The largest absolute Gasteiger partial charge is 0.398 e. The van der Waals surface area contributed by atoms with Gasteiger partial charge in [0.25, 0.3) is 5.91 Å². The molecule has 9 heteroatoms. The third kappa shape index (κ3) is 3.65. The minimum absolute atomic E-state index is 0.0387. The number of rotatable bonds is 7. The molecule has 1 aliphatic heterocycles. The first-order valence-corrected chi connectivity index (χ1v) is 7.84. The second-order valence-electron chi connectivity index (χ2n) is 5.36. The minimum Gasteiger partial charge on any atom is -0.373 e. The van der Waals surface area contributed by atoms with Crippen LogP contribution in [0.3, 0.4) is 0 Å². The monoisotopic (exact) mass is 350 g/mol. The molecule has 1 aliphatic rings. The third-order valence-electron chi connectivity index (χ3n) is 3.81. The zero-order valence-corrected chi connectivity index (χ0v) is 13.7. The van der Waals surface area contributed by atoms with Crippen molar-refractivity contribution in [2.45, 2.75) is 32.4 Å². The summed E-state index contributed by atoms with van der Waals surface area (Å²) in [6.45, 7) is 1.54. The number of ketones is 1. The van der Waals surface area contributed by atoms with Crippen LogP contribution in [0, 0.1) is 0 Å². The van der Waals surface area contributed by atoms with Crippen LogP contribution >= 0.6 is 8.69 Å². The second-order valence-corrected chi connectivity index (χ2v) is 5.69. The molecule has 0 saturated carbocycles. The number of amides is 2. The molecular weight excluding hydrogens is 335 g/mol. The fraction of sp³-hybridized carbons (Fsp3) is 0.333. The van der Waals surface area contributed by atoms with Crippen LogP contribution in [0.5, 0.6) is 0 Å². The van der Waals surface area contributed by atoms with Gasteiger partial charge in [-0.3, -0.25) is 19.2 Å². The molecule has 1 heterocycles. The number of carbonyl (C=O) groups excluding carboxylic acids is 4. The van der Waals surface area contributed by atoms with Gasteiger partial charge in [0.2, 0.25) is 5.91 Å². The zero-order chi connectivity index (χ0) is 17.9. The fourth-order valence-electron chi connectivity index (χ4n) is 2.61. The highest BCUT2D eigenvalue weighted by atomic mass is 31.1. The standard InChI is InChI=1S/C15H15N2O6P/c1-8(18)9-2-3-11-10(6-9)7-17(15(11)21)12(14(16)20)4-5-13(19)23-24-22/h2-3,6,12H,4-5,7H2,1H3,(H2,16,20). The Balaban J connectivity index is 2.19. The summed E-state index contributed by atoms with van der Waals surface area (Å²) < 4.78 is 14.5. The Bertz CT molecular complexity index is 733. The minimum atomic E-state index is -0.999. The number of carbonyl (C=O) groups is 4. The quantitative estimate of drug-likeness (QED) is 0.582. The van der Waals surface area contributed by atoms with Crippen LogP contribution in [0.4, 0.5) is 0 Å². The normalized spacial score (nSPS) is 14.4. The van der Waals surface area contributed by atoms with Crippen molar-refractivity contribution in [1.82, 2.24) is 4.90 Å². The Morgan fingerprint density at radius 1 is 1.38 bits per heavy atom. The molecule has 1 aromatic rings. The highest BCUT2D eigenvalue weighted by molar-refractivity contribution is 7.18. The molecule has 1 unspecified atom stereocenters. The Kier molecular flexibility index (Phi) is 5.41. The van der Waals surface area contributed by atoms with Crippen LogP contribution in [0.2, 0.25) is 0 Å². The Hall–Kier alpha value is -2.60. The first-order valence-electron chi connectivity index (χ1n) is 7.11. The average Bonchev–Trinajstić information content (AvgIpc) is 2.84. The lowest BCUT2D eigenvalue weighted by Crippen LogP contribution is -2.45. The van der Waals surface area contributed by atoms with E-state index in [9.17, 15) is 23.7 Å². The van der Waals surface area contributed by atoms with Crippen molar-refractivity contribution in [2.75, 3.05) is 0 Å². The highest BCUT2D eigenvalue weighted by Gasteiger charge is 2.35. The number of Topliss-reactive ketones (excluding diaryl/α,β-unsaturated/α-hetero) is 1. The van der Waals surface area contributed by atoms with Crippen molar-refractivity contribution >= 4 is 32.3 Å². The van der Waals surface area contributed by atoms with E-state index in [4.69, 9.17) is 5.73 Å². The van der Waals surface area contributed by atoms with Gasteiger partial charge in [-0.1, -0.05) is 6.07 Å². The van der Waals surface area contributed by atoms with Gasteiger partial charge in [-0.15, -0.1) is 0 Å². The van der Waals surface area contributed by atoms with Gasteiger partial charge >= 0.3 is 14.7 Å². The van der Waals surface area contributed by atoms with Crippen molar-refractivity contribution in [1.29, 1.82) is 0 Å². The molecule has 0 radical (unpaired) electrons. The van der Waals surface area contributed by atoms with Gasteiger partial charge in [-0.2, -0.15) is 0 Å². The first-order chi connectivity index (χ1) is 11.3. The molecule has 0 spiro atoms. The summed E-state index contributed by atoms with van der Waals surface area (Å²) in [7, 11) is -0.776. The summed E-state index contributed by atoms with van der Waals surface area (Å²) in [6.07, 6.45) is -0.245. The molecule has 0 aliphatic carbocycles. The van der Waals surface area contributed by atoms with Crippen LogP contribution in [0.15, 0.2) is 18.2 Å². The van der Waals surface area contributed by atoms with Crippen LogP contribution < -0.4 is 5.73 Å². The van der Waals surface area contributed by atoms with Crippen LogP contribution in [0.1, 0.15) is 46.0 Å². The van der Waals surface area contributed by atoms with E-state index in [-0.39, 0.29) is 31.1 Å². The van der Waals surface area contributed by atoms with E-state index in [1.54, 1.807) is 12.1 Å². The summed E-state index contributed by atoms with van der Waals surface area (Å²) in [6, 6.07) is 3.70. The number of nitrogens with zero attached hydrogens (tertiary/aromatic N) is 1. The molecule has 0 bridgehead atoms. The van der Waals surface area contributed by atoms with Crippen molar-refractivity contribution in [2.24, 2.45) is 5.73 Å². The molecule has 2 rings (SSSR count). The second kappa shape index (κ2) is 7.31. The Labute approximate surface area is 139 Å². The Morgan fingerprint density at radius 3 is 2.67 bits per heavy atom. The van der Waals surface area contributed by atoms with E-state index < -0.39 is 26.6 Å². The maximum Gasteiger partial charge on any atom is 0.398 e. The number of benzene rings is 1. The zero-order valence-electron chi connectivity index (χ0n) is 12.9. The van der Waals surface area contributed by atoms with Gasteiger partial charge in [0.1, 0.15) is 6.04 Å². The van der Waals surface area contributed by atoms with Gasteiger partial charge in [-0.05, 0) is 31.0 Å². The van der Waals surface area contributed by atoms with Crippen LogP contribution in [-0.2, 0) is 25.2 Å². The van der Waals surface area contributed by atoms with E-state index in [0.29, 0.717) is 16.7 Å². The summed E-state index contributed by atoms with van der Waals surface area (Å²) in [5.41, 5.74) is 6.84.